The molecule has 0 unspecified atom stereocenters. The van der Waals surface area contributed by atoms with Gasteiger partial charge in [0.25, 0.3) is 0 Å². The first-order valence-electron chi connectivity index (χ1n) is 7.54. The second-order valence-electron chi connectivity index (χ2n) is 7.17. The zero-order valence-electron chi connectivity index (χ0n) is 13.2. The average molecular weight is 339 g/mol. The number of nitrogens with one attached hydrogen (secondary N) is 1. The Morgan fingerprint density at radius 3 is 2.55 bits per heavy atom. The summed E-state index contributed by atoms with van der Waals surface area (Å²) in [4.78, 5) is 2.44. The van der Waals surface area contributed by atoms with Crippen LogP contribution >= 0.6 is 15.9 Å². The molecule has 3 heteroatoms. The standard InChI is InChI=1S/C17H27BrN2/c1-17(2,3)19-10-14-7-8-15(16(18)9-14)12-20(4)11-13-5-6-13/h7-9,13,19H,5-6,10-12H2,1-4H3. The summed E-state index contributed by atoms with van der Waals surface area (Å²) in [5.41, 5.74) is 2.88. The second kappa shape index (κ2) is 6.59. The Kier molecular flexibility index (Phi) is 5.27. The Morgan fingerprint density at radius 1 is 1.30 bits per heavy atom. The Balaban J connectivity index is 1.90. The highest BCUT2D eigenvalue weighted by atomic mass is 79.9. The van der Waals surface area contributed by atoms with Crippen molar-refractivity contribution in [1.82, 2.24) is 10.2 Å². The van der Waals surface area contributed by atoms with Crippen LogP contribution in [0.2, 0.25) is 0 Å². The topological polar surface area (TPSA) is 15.3 Å². The van der Waals surface area contributed by atoms with E-state index >= 15 is 0 Å². The molecule has 2 nitrogen and oxygen atoms in total. The molecule has 112 valence electrons. The maximum absolute atomic E-state index is 3.72. The molecule has 0 spiro atoms. The third-order valence-electron chi connectivity index (χ3n) is 3.65. The van der Waals surface area contributed by atoms with Crippen molar-refractivity contribution >= 4 is 15.9 Å². The van der Waals surface area contributed by atoms with Crippen LogP contribution in [0.15, 0.2) is 22.7 Å². The van der Waals surface area contributed by atoms with Crippen molar-refractivity contribution in [2.45, 2.75) is 52.2 Å². The van der Waals surface area contributed by atoms with Crippen molar-refractivity contribution in [3.05, 3.63) is 33.8 Å². The van der Waals surface area contributed by atoms with Gasteiger partial charge in [0, 0.05) is 29.6 Å². The van der Waals surface area contributed by atoms with Gasteiger partial charge < -0.3 is 10.2 Å². The van der Waals surface area contributed by atoms with Gasteiger partial charge in [0.05, 0.1) is 0 Å². The van der Waals surface area contributed by atoms with E-state index in [2.05, 4.69) is 72.2 Å². The van der Waals surface area contributed by atoms with Crippen LogP contribution in [-0.4, -0.2) is 24.0 Å². The fourth-order valence-electron chi connectivity index (χ4n) is 2.29. The van der Waals surface area contributed by atoms with Crippen LogP contribution in [0.4, 0.5) is 0 Å². The zero-order valence-corrected chi connectivity index (χ0v) is 14.8. The molecule has 1 saturated carbocycles. The van der Waals surface area contributed by atoms with E-state index in [9.17, 15) is 0 Å². The molecule has 0 aliphatic heterocycles. The van der Waals surface area contributed by atoms with Gasteiger partial charge >= 0.3 is 0 Å². The summed E-state index contributed by atoms with van der Waals surface area (Å²) in [5, 5.41) is 3.53. The fourth-order valence-corrected chi connectivity index (χ4v) is 2.84. The molecular weight excluding hydrogens is 312 g/mol. The smallest absolute Gasteiger partial charge is 0.0242 e. The molecule has 2 rings (SSSR count). The molecule has 1 aromatic rings. The van der Waals surface area contributed by atoms with Gasteiger partial charge in [0.1, 0.15) is 0 Å². The van der Waals surface area contributed by atoms with Gasteiger partial charge in [-0.1, -0.05) is 28.1 Å². The minimum Gasteiger partial charge on any atom is -0.308 e. The normalized spacial score (nSPS) is 15.9. The lowest BCUT2D eigenvalue weighted by atomic mass is 10.1. The summed E-state index contributed by atoms with van der Waals surface area (Å²) < 4.78 is 1.23. The third-order valence-corrected chi connectivity index (χ3v) is 4.39. The molecule has 1 fully saturated rings. The van der Waals surface area contributed by atoms with Crippen LogP contribution in [0.1, 0.15) is 44.7 Å². The van der Waals surface area contributed by atoms with E-state index in [4.69, 9.17) is 0 Å². The number of halogens is 1. The molecule has 1 aromatic carbocycles. The molecule has 0 atom stereocenters. The number of nitrogens with zero attached hydrogens (tertiary/aromatic N) is 1. The summed E-state index contributed by atoms with van der Waals surface area (Å²) in [5.74, 6) is 0.953. The molecule has 1 aliphatic rings. The Labute approximate surface area is 132 Å². The summed E-state index contributed by atoms with van der Waals surface area (Å²) in [7, 11) is 2.22. The summed E-state index contributed by atoms with van der Waals surface area (Å²) >= 11 is 3.72. The first-order chi connectivity index (χ1) is 9.33. The average Bonchev–Trinajstić information content (AvgIpc) is 3.12. The van der Waals surface area contributed by atoms with E-state index in [1.165, 1.54) is 35.0 Å². The van der Waals surface area contributed by atoms with Crippen LogP contribution in [0.25, 0.3) is 0 Å². The van der Waals surface area contributed by atoms with Crippen molar-refractivity contribution in [1.29, 1.82) is 0 Å². The van der Waals surface area contributed by atoms with E-state index in [1.54, 1.807) is 0 Å². The summed E-state index contributed by atoms with van der Waals surface area (Å²) in [6.45, 7) is 9.78. The molecule has 0 aromatic heterocycles. The van der Waals surface area contributed by atoms with Crippen molar-refractivity contribution in [3.8, 4) is 0 Å². The maximum atomic E-state index is 3.72. The van der Waals surface area contributed by atoms with Crippen LogP contribution < -0.4 is 5.32 Å². The SMILES string of the molecule is CN(Cc1ccc(CNC(C)(C)C)cc1Br)CC1CC1. The van der Waals surface area contributed by atoms with Gasteiger partial charge in [0.2, 0.25) is 0 Å². The van der Waals surface area contributed by atoms with E-state index in [0.29, 0.717) is 0 Å². The molecular formula is C17H27BrN2. The van der Waals surface area contributed by atoms with Crippen molar-refractivity contribution in [2.24, 2.45) is 5.92 Å². The number of rotatable bonds is 6. The van der Waals surface area contributed by atoms with E-state index in [1.807, 2.05) is 0 Å². The van der Waals surface area contributed by atoms with Gasteiger partial charge in [-0.3, -0.25) is 0 Å². The molecule has 0 bridgehead atoms. The molecule has 0 heterocycles. The van der Waals surface area contributed by atoms with Gasteiger partial charge in [-0.05, 0) is 63.8 Å². The summed E-state index contributed by atoms with van der Waals surface area (Å²) in [6.07, 6.45) is 2.84. The van der Waals surface area contributed by atoms with Gasteiger partial charge in [0.15, 0.2) is 0 Å². The first kappa shape index (κ1) is 16.0. The van der Waals surface area contributed by atoms with Crippen molar-refractivity contribution in [2.75, 3.05) is 13.6 Å². The lowest BCUT2D eigenvalue weighted by molar-refractivity contribution is 0.312. The molecule has 0 amide bonds. The first-order valence-corrected chi connectivity index (χ1v) is 8.34. The Hall–Kier alpha value is -0.380. The minimum absolute atomic E-state index is 0.162. The highest BCUT2D eigenvalue weighted by Gasteiger charge is 2.22. The Bertz CT molecular complexity index is 447. The van der Waals surface area contributed by atoms with Gasteiger partial charge in [-0.15, -0.1) is 0 Å². The number of hydrogen-bond donors (Lipinski definition) is 1. The van der Waals surface area contributed by atoms with Crippen molar-refractivity contribution in [3.63, 3.8) is 0 Å². The highest BCUT2D eigenvalue weighted by Crippen LogP contribution is 2.30. The minimum atomic E-state index is 0.162. The van der Waals surface area contributed by atoms with Crippen LogP contribution in [0, 0.1) is 5.92 Å². The van der Waals surface area contributed by atoms with Crippen LogP contribution in [0.3, 0.4) is 0 Å². The monoisotopic (exact) mass is 338 g/mol. The fraction of sp³-hybridized carbons (Fsp3) is 0.647. The predicted octanol–water partition coefficient (Wildman–Crippen LogP) is 4.18. The molecule has 0 saturated heterocycles. The van der Waals surface area contributed by atoms with Crippen LogP contribution in [-0.2, 0) is 13.1 Å². The lowest BCUT2D eigenvalue weighted by Gasteiger charge is -2.21. The zero-order chi connectivity index (χ0) is 14.8. The maximum Gasteiger partial charge on any atom is 0.0242 e. The van der Waals surface area contributed by atoms with Crippen LogP contribution in [0.5, 0.6) is 0 Å². The molecule has 20 heavy (non-hydrogen) atoms. The van der Waals surface area contributed by atoms with Gasteiger partial charge in [-0.25, -0.2) is 0 Å². The quantitative estimate of drug-likeness (QED) is 0.836. The molecule has 1 N–H and O–H groups in total. The van der Waals surface area contributed by atoms with Crippen molar-refractivity contribution < 1.29 is 0 Å². The molecule has 0 radical (unpaired) electrons. The Morgan fingerprint density at radius 2 is 2.00 bits per heavy atom. The highest BCUT2D eigenvalue weighted by molar-refractivity contribution is 9.10. The van der Waals surface area contributed by atoms with E-state index in [-0.39, 0.29) is 5.54 Å². The van der Waals surface area contributed by atoms with Gasteiger partial charge in [-0.2, -0.15) is 0 Å². The number of hydrogen-bond acceptors (Lipinski definition) is 2. The predicted molar refractivity (Wildman–Crippen MR) is 89.8 cm³/mol. The number of benzene rings is 1. The largest absolute Gasteiger partial charge is 0.308 e. The van der Waals surface area contributed by atoms with E-state index < -0.39 is 0 Å². The third kappa shape index (κ3) is 5.55. The molecule has 1 aliphatic carbocycles. The lowest BCUT2D eigenvalue weighted by Crippen LogP contribution is -2.35. The summed E-state index contributed by atoms with van der Waals surface area (Å²) in [6, 6.07) is 6.75. The second-order valence-corrected chi connectivity index (χ2v) is 8.02. The van der Waals surface area contributed by atoms with E-state index in [0.717, 1.165) is 19.0 Å².